The Labute approximate surface area is 90.8 Å². The van der Waals surface area contributed by atoms with Gasteiger partial charge in [0.05, 0.1) is 6.54 Å². The van der Waals surface area contributed by atoms with Gasteiger partial charge in [0.2, 0.25) is 0 Å². The minimum Gasteiger partial charge on any atom is -0.480 e. The van der Waals surface area contributed by atoms with Crippen molar-refractivity contribution in [1.82, 2.24) is 15.5 Å². The van der Waals surface area contributed by atoms with Crippen LogP contribution in [0.5, 0.6) is 0 Å². The van der Waals surface area contributed by atoms with E-state index in [-0.39, 0.29) is 6.54 Å². The Kier molecular flexibility index (Phi) is 5.60. The van der Waals surface area contributed by atoms with Crippen LogP contribution >= 0.6 is 0 Å². The molecule has 0 spiro atoms. The monoisotopic (exact) mass is 215 g/mol. The third-order valence-electron chi connectivity index (χ3n) is 2.71. The molecule has 0 aliphatic carbocycles. The third-order valence-corrected chi connectivity index (χ3v) is 2.71. The van der Waals surface area contributed by atoms with Gasteiger partial charge in [-0.15, -0.1) is 0 Å². The Morgan fingerprint density at radius 2 is 2.47 bits per heavy atom. The number of aliphatic carboxylic acids is 1. The van der Waals surface area contributed by atoms with Crippen molar-refractivity contribution in [2.45, 2.75) is 19.4 Å². The van der Waals surface area contributed by atoms with Crippen LogP contribution < -0.4 is 10.6 Å². The van der Waals surface area contributed by atoms with Crippen LogP contribution in [0.1, 0.15) is 13.3 Å². The molecular weight excluding hydrogens is 194 g/mol. The predicted octanol–water partition coefficient (Wildman–Crippen LogP) is -0.656. The predicted molar refractivity (Wildman–Crippen MR) is 59.0 cm³/mol. The Balaban J connectivity index is 2.01. The molecular formula is C10H21N3O2. The molecule has 1 aliphatic rings. The molecule has 0 aromatic rings. The van der Waals surface area contributed by atoms with Gasteiger partial charge in [0.1, 0.15) is 0 Å². The van der Waals surface area contributed by atoms with Gasteiger partial charge in [-0.1, -0.05) is 0 Å². The topological polar surface area (TPSA) is 64.6 Å². The smallest absolute Gasteiger partial charge is 0.317 e. The van der Waals surface area contributed by atoms with Crippen molar-refractivity contribution in [3.05, 3.63) is 0 Å². The largest absolute Gasteiger partial charge is 0.480 e. The molecule has 0 aromatic carbocycles. The van der Waals surface area contributed by atoms with E-state index in [1.807, 2.05) is 0 Å². The van der Waals surface area contributed by atoms with Crippen molar-refractivity contribution in [2.24, 2.45) is 0 Å². The molecule has 1 rings (SSSR count). The molecule has 5 nitrogen and oxygen atoms in total. The molecule has 1 unspecified atom stereocenters. The third kappa shape index (κ3) is 5.11. The first-order valence-corrected chi connectivity index (χ1v) is 5.57. The number of carboxylic acids is 1. The van der Waals surface area contributed by atoms with Crippen molar-refractivity contribution in [3.8, 4) is 0 Å². The molecule has 0 saturated carbocycles. The summed E-state index contributed by atoms with van der Waals surface area (Å²) in [5, 5.41) is 14.7. The summed E-state index contributed by atoms with van der Waals surface area (Å²) in [6.07, 6.45) is 1.01. The molecule has 15 heavy (non-hydrogen) atoms. The highest BCUT2D eigenvalue weighted by Crippen LogP contribution is 2.02. The highest BCUT2D eigenvalue weighted by molar-refractivity contribution is 5.68. The SMILES string of the molecule is CC1CNCCN1CCCNCC(=O)O. The summed E-state index contributed by atoms with van der Waals surface area (Å²) in [5.41, 5.74) is 0. The number of hydrogen-bond acceptors (Lipinski definition) is 4. The van der Waals surface area contributed by atoms with Crippen LogP contribution in [0, 0.1) is 0 Å². The standard InChI is InChI=1S/C10H21N3O2/c1-9-7-12-4-6-13(9)5-2-3-11-8-10(14)15/h9,11-12H,2-8H2,1H3,(H,14,15). The molecule has 1 heterocycles. The molecule has 0 radical (unpaired) electrons. The normalized spacial score (nSPS) is 22.9. The Hall–Kier alpha value is -0.650. The summed E-state index contributed by atoms with van der Waals surface area (Å²) in [7, 11) is 0. The molecule has 3 N–H and O–H groups in total. The van der Waals surface area contributed by atoms with E-state index in [9.17, 15) is 4.79 Å². The van der Waals surface area contributed by atoms with Crippen LogP contribution in [0.2, 0.25) is 0 Å². The van der Waals surface area contributed by atoms with Crippen molar-refractivity contribution >= 4 is 5.97 Å². The lowest BCUT2D eigenvalue weighted by Crippen LogP contribution is -2.50. The number of hydrogen-bond donors (Lipinski definition) is 3. The van der Waals surface area contributed by atoms with Gasteiger partial charge in [-0.3, -0.25) is 9.69 Å². The lowest BCUT2D eigenvalue weighted by molar-refractivity contribution is -0.135. The summed E-state index contributed by atoms with van der Waals surface area (Å²) >= 11 is 0. The van der Waals surface area contributed by atoms with Crippen molar-refractivity contribution in [1.29, 1.82) is 0 Å². The number of nitrogens with one attached hydrogen (secondary N) is 2. The molecule has 0 aromatic heterocycles. The zero-order valence-corrected chi connectivity index (χ0v) is 9.33. The minimum absolute atomic E-state index is 0.0666. The molecule has 0 amide bonds. The average Bonchev–Trinajstić information content (AvgIpc) is 2.20. The first-order chi connectivity index (χ1) is 7.20. The van der Waals surface area contributed by atoms with E-state index >= 15 is 0 Å². The zero-order chi connectivity index (χ0) is 11.1. The van der Waals surface area contributed by atoms with Crippen molar-refractivity contribution in [2.75, 3.05) is 39.3 Å². The van der Waals surface area contributed by atoms with E-state index in [0.717, 1.165) is 39.1 Å². The summed E-state index contributed by atoms with van der Waals surface area (Å²) in [6.45, 7) is 7.34. The molecule has 0 bridgehead atoms. The number of carboxylic acid groups (broad SMARTS) is 1. The van der Waals surface area contributed by atoms with Gasteiger partial charge in [0.25, 0.3) is 0 Å². The fraction of sp³-hybridized carbons (Fsp3) is 0.900. The summed E-state index contributed by atoms with van der Waals surface area (Å²) in [6, 6.07) is 0.596. The van der Waals surface area contributed by atoms with E-state index in [2.05, 4.69) is 22.5 Å². The summed E-state index contributed by atoms with van der Waals surface area (Å²) in [5.74, 6) is -0.787. The average molecular weight is 215 g/mol. The molecule has 5 heteroatoms. The molecule has 1 saturated heterocycles. The van der Waals surface area contributed by atoms with Gasteiger partial charge in [-0.25, -0.2) is 0 Å². The first kappa shape index (κ1) is 12.4. The van der Waals surface area contributed by atoms with Crippen LogP contribution in [-0.2, 0) is 4.79 Å². The second-order valence-electron chi connectivity index (χ2n) is 4.01. The number of rotatable bonds is 6. The number of nitrogens with zero attached hydrogens (tertiary/aromatic N) is 1. The fourth-order valence-electron chi connectivity index (χ4n) is 1.82. The van der Waals surface area contributed by atoms with E-state index in [1.165, 1.54) is 0 Å². The van der Waals surface area contributed by atoms with Crippen LogP contribution in [-0.4, -0.2) is 61.3 Å². The first-order valence-electron chi connectivity index (χ1n) is 5.57. The summed E-state index contributed by atoms with van der Waals surface area (Å²) in [4.78, 5) is 12.7. The van der Waals surface area contributed by atoms with Gasteiger partial charge in [0.15, 0.2) is 0 Å². The van der Waals surface area contributed by atoms with Crippen molar-refractivity contribution < 1.29 is 9.90 Å². The van der Waals surface area contributed by atoms with Gasteiger partial charge >= 0.3 is 5.97 Å². The molecule has 1 aliphatic heterocycles. The van der Waals surface area contributed by atoms with E-state index < -0.39 is 5.97 Å². The van der Waals surface area contributed by atoms with Crippen LogP contribution in [0.4, 0.5) is 0 Å². The lowest BCUT2D eigenvalue weighted by Gasteiger charge is -2.33. The van der Waals surface area contributed by atoms with E-state index in [4.69, 9.17) is 5.11 Å². The Bertz CT molecular complexity index is 199. The molecule has 1 fully saturated rings. The maximum absolute atomic E-state index is 10.2. The van der Waals surface area contributed by atoms with E-state index in [1.54, 1.807) is 0 Å². The molecule has 88 valence electrons. The maximum atomic E-state index is 10.2. The van der Waals surface area contributed by atoms with Gasteiger partial charge in [-0.05, 0) is 26.4 Å². The van der Waals surface area contributed by atoms with Gasteiger partial charge < -0.3 is 15.7 Å². The Morgan fingerprint density at radius 3 is 3.13 bits per heavy atom. The lowest BCUT2D eigenvalue weighted by atomic mass is 10.2. The van der Waals surface area contributed by atoms with Gasteiger partial charge in [0, 0.05) is 25.7 Å². The quantitative estimate of drug-likeness (QED) is 0.514. The van der Waals surface area contributed by atoms with Crippen molar-refractivity contribution in [3.63, 3.8) is 0 Å². The maximum Gasteiger partial charge on any atom is 0.317 e. The van der Waals surface area contributed by atoms with Crippen LogP contribution in [0.3, 0.4) is 0 Å². The zero-order valence-electron chi connectivity index (χ0n) is 9.33. The van der Waals surface area contributed by atoms with Crippen LogP contribution in [0.15, 0.2) is 0 Å². The Morgan fingerprint density at radius 1 is 1.67 bits per heavy atom. The van der Waals surface area contributed by atoms with Crippen LogP contribution in [0.25, 0.3) is 0 Å². The number of piperazine rings is 1. The summed E-state index contributed by atoms with van der Waals surface area (Å²) < 4.78 is 0. The second-order valence-corrected chi connectivity index (χ2v) is 4.01. The van der Waals surface area contributed by atoms with Gasteiger partial charge in [-0.2, -0.15) is 0 Å². The van der Waals surface area contributed by atoms with E-state index in [0.29, 0.717) is 6.04 Å². The fourth-order valence-corrected chi connectivity index (χ4v) is 1.82. The number of carbonyl (C=O) groups is 1. The highest BCUT2D eigenvalue weighted by Gasteiger charge is 2.16. The molecule has 1 atom stereocenters. The second kappa shape index (κ2) is 6.76. The highest BCUT2D eigenvalue weighted by atomic mass is 16.4. The minimum atomic E-state index is -0.787.